The van der Waals surface area contributed by atoms with Gasteiger partial charge in [-0.05, 0) is 41.5 Å². The summed E-state index contributed by atoms with van der Waals surface area (Å²) in [5.74, 6) is -3.25. The minimum Gasteiger partial charge on any atom is -0.480 e. The van der Waals surface area contributed by atoms with Gasteiger partial charge in [0.1, 0.15) is 12.6 Å². The number of carbonyl (C=O) groups excluding carboxylic acids is 2. The van der Waals surface area contributed by atoms with E-state index in [9.17, 15) is 32.7 Å². The Morgan fingerprint density at radius 3 is 2.18 bits per heavy atom. The predicted molar refractivity (Wildman–Crippen MR) is 115 cm³/mol. The highest BCUT2D eigenvalue weighted by atomic mass is 19.4. The number of alkyl carbamates (subject to hydrolysis) is 1. The van der Waals surface area contributed by atoms with E-state index in [0.29, 0.717) is 17.7 Å². The Hall–Kier alpha value is -3.56. The van der Waals surface area contributed by atoms with Crippen LogP contribution in [-0.2, 0) is 14.3 Å². The largest absolute Gasteiger partial charge is 0.480 e. The third kappa shape index (κ3) is 4.57. The first-order valence-electron chi connectivity index (χ1n) is 10.9. The number of carboxylic acid groups (broad SMARTS) is 1. The van der Waals surface area contributed by atoms with Crippen LogP contribution in [0.15, 0.2) is 48.5 Å². The number of halogens is 3. The van der Waals surface area contributed by atoms with Gasteiger partial charge in [-0.3, -0.25) is 4.79 Å². The number of piperidine rings is 1. The zero-order valence-corrected chi connectivity index (χ0v) is 18.0. The maximum absolute atomic E-state index is 13.7. The van der Waals surface area contributed by atoms with E-state index in [1.165, 1.54) is 0 Å². The first-order valence-corrected chi connectivity index (χ1v) is 10.9. The predicted octanol–water partition coefficient (Wildman–Crippen LogP) is 3.92. The second kappa shape index (κ2) is 9.36. The van der Waals surface area contributed by atoms with Crippen molar-refractivity contribution in [3.05, 3.63) is 59.7 Å². The lowest BCUT2D eigenvalue weighted by Crippen LogP contribution is -2.60. The quantitative estimate of drug-likeness (QED) is 0.682. The van der Waals surface area contributed by atoms with Gasteiger partial charge in [-0.25, -0.2) is 9.59 Å². The van der Waals surface area contributed by atoms with Crippen molar-refractivity contribution in [1.82, 2.24) is 10.2 Å². The molecule has 2 aromatic rings. The van der Waals surface area contributed by atoms with Crippen molar-refractivity contribution in [2.75, 3.05) is 13.2 Å². The van der Waals surface area contributed by atoms with Gasteiger partial charge < -0.3 is 20.1 Å². The number of hydrogen-bond donors (Lipinski definition) is 2. The Labute approximate surface area is 193 Å². The smallest absolute Gasteiger partial charge is 0.417 e. The van der Waals surface area contributed by atoms with Crippen molar-refractivity contribution in [3.63, 3.8) is 0 Å². The van der Waals surface area contributed by atoms with Gasteiger partial charge in [-0.15, -0.1) is 0 Å². The summed E-state index contributed by atoms with van der Waals surface area (Å²) in [7, 11) is 0. The minimum atomic E-state index is -5.12. The molecule has 2 aromatic carbocycles. The van der Waals surface area contributed by atoms with Crippen LogP contribution in [-0.4, -0.2) is 59.4 Å². The fourth-order valence-electron chi connectivity index (χ4n) is 4.66. The molecule has 2 aliphatic rings. The molecular formula is C24H23F3N2O5. The molecule has 1 fully saturated rings. The maximum atomic E-state index is 13.7. The normalized spacial score (nSPS) is 18.6. The molecule has 4 rings (SSSR count). The second-order valence-corrected chi connectivity index (χ2v) is 8.33. The molecule has 180 valence electrons. The highest BCUT2D eigenvalue weighted by molar-refractivity contribution is 5.90. The van der Waals surface area contributed by atoms with Crippen molar-refractivity contribution < 1.29 is 37.4 Å². The number of hydrogen-bond acceptors (Lipinski definition) is 4. The van der Waals surface area contributed by atoms with E-state index in [-0.39, 0.29) is 25.5 Å². The molecule has 2 N–H and O–H groups in total. The lowest BCUT2D eigenvalue weighted by atomic mass is 9.98. The van der Waals surface area contributed by atoms with Crippen molar-refractivity contribution in [1.29, 1.82) is 0 Å². The average Bonchev–Trinajstić information content (AvgIpc) is 3.14. The van der Waals surface area contributed by atoms with Crippen LogP contribution in [0, 0.1) is 0 Å². The van der Waals surface area contributed by atoms with Gasteiger partial charge in [-0.1, -0.05) is 48.5 Å². The number of nitrogens with one attached hydrogen (secondary N) is 1. The van der Waals surface area contributed by atoms with Gasteiger partial charge in [-0.2, -0.15) is 13.2 Å². The average molecular weight is 476 g/mol. The van der Waals surface area contributed by atoms with Crippen LogP contribution in [0.2, 0.25) is 0 Å². The van der Waals surface area contributed by atoms with Gasteiger partial charge >= 0.3 is 18.2 Å². The first-order chi connectivity index (χ1) is 16.2. The summed E-state index contributed by atoms with van der Waals surface area (Å²) in [6.45, 7) is -0.352. The number of rotatable bonds is 5. The third-order valence-corrected chi connectivity index (χ3v) is 6.25. The Bertz CT molecular complexity index is 1060. The van der Waals surface area contributed by atoms with Crippen molar-refractivity contribution in [2.24, 2.45) is 0 Å². The number of carboxylic acids is 1. The van der Waals surface area contributed by atoms with E-state index in [1.54, 1.807) is 5.32 Å². The molecule has 0 bridgehead atoms. The van der Waals surface area contributed by atoms with Crippen molar-refractivity contribution in [2.45, 2.75) is 43.4 Å². The third-order valence-electron chi connectivity index (χ3n) is 6.25. The summed E-state index contributed by atoms with van der Waals surface area (Å²) in [5, 5.41) is 10.9. The summed E-state index contributed by atoms with van der Waals surface area (Å²) in [6, 6.07) is 10.7. The summed E-state index contributed by atoms with van der Waals surface area (Å²) in [4.78, 5) is 37.1. The number of likely N-dealkylation sites (tertiary alicyclic amines) is 1. The fourth-order valence-corrected chi connectivity index (χ4v) is 4.66. The molecule has 1 heterocycles. The maximum Gasteiger partial charge on any atom is 0.417 e. The highest BCUT2D eigenvalue weighted by Crippen LogP contribution is 2.44. The number of carbonyl (C=O) groups is 3. The van der Waals surface area contributed by atoms with E-state index < -0.39 is 36.2 Å². The number of ether oxygens (including phenoxy) is 1. The number of nitrogens with zero attached hydrogens (tertiary/aromatic N) is 1. The SMILES string of the molecule is O=C(NC(C(=O)N1CCCC[C@@H]1C(=O)O)C(F)(F)F)OCC1c2ccccc2-c2ccccc21. The molecule has 7 nitrogen and oxygen atoms in total. The summed E-state index contributed by atoms with van der Waals surface area (Å²) >= 11 is 0. The lowest BCUT2D eigenvalue weighted by Gasteiger charge is -2.35. The first kappa shape index (κ1) is 23.6. The van der Waals surface area contributed by atoms with E-state index >= 15 is 0 Å². The standard InChI is InChI=1S/C24H23F3N2O5/c25-24(26,27)20(21(30)29-12-6-5-11-19(29)22(31)32)28-23(33)34-13-18-16-9-3-1-7-14(16)15-8-2-4-10-17(15)18/h1-4,7-10,18-20H,5-6,11-13H2,(H,28,33)(H,31,32)/t19-,20?/m1/s1. The molecule has 1 aliphatic carbocycles. The van der Waals surface area contributed by atoms with E-state index in [4.69, 9.17) is 4.74 Å². The number of fused-ring (bicyclic) bond motifs is 3. The van der Waals surface area contributed by atoms with Crippen molar-refractivity contribution in [3.8, 4) is 11.1 Å². The number of alkyl halides is 3. The molecule has 2 atom stereocenters. The molecule has 0 saturated carbocycles. The van der Waals surface area contributed by atoms with Crippen LogP contribution >= 0.6 is 0 Å². The van der Waals surface area contributed by atoms with Gasteiger partial charge in [0.05, 0.1) is 0 Å². The Morgan fingerprint density at radius 2 is 1.62 bits per heavy atom. The van der Waals surface area contributed by atoms with E-state index in [2.05, 4.69) is 0 Å². The zero-order valence-electron chi connectivity index (χ0n) is 18.0. The Kier molecular flexibility index (Phi) is 6.49. The van der Waals surface area contributed by atoms with E-state index in [1.807, 2.05) is 48.5 Å². The van der Waals surface area contributed by atoms with Crippen LogP contribution in [0.25, 0.3) is 11.1 Å². The van der Waals surface area contributed by atoms with Gasteiger partial charge in [0, 0.05) is 12.5 Å². The Morgan fingerprint density at radius 1 is 1.03 bits per heavy atom. The van der Waals surface area contributed by atoms with Crippen LogP contribution in [0.4, 0.5) is 18.0 Å². The lowest BCUT2D eigenvalue weighted by molar-refractivity contribution is -0.179. The zero-order chi connectivity index (χ0) is 24.5. The summed E-state index contributed by atoms with van der Waals surface area (Å²) in [6.07, 6.45) is -5.61. The molecule has 10 heteroatoms. The fraction of sp³-hybridized carbons (Fsp3) is 0.375. The van der Waals surface area contributed by atoms with Crippen molar-refractivity contribution >= 4 is 18.0 Å². The monoisotopic (exact) mass is 476 g/mol. The van der Waals surface area contributed by atoms with Crippen LogP contribution in [0.1, 0.15) is 36.3 Å². The van der Waals surface area contributed by atoms with Crippen LogP contribution in [0.3, 0.4) is 0 Å². The molecular weight excluding hydrogens is 453 g/mol. The van der Waals surface area contributed by atoms with E-state index in [0.717, 1.165) is 22.3 Å². The molecule has 2 amide bonds. The van der Waals surface area contributed by atoms with Gasteiger partial charge in [0.2, 0.25) is 6.04 Å². The molecule has 0 spiro atoms. The summed E-state index contributed by atoms with van der Waals surface area (Å²) in [5.41, 5.74) is 3.69. The highest BCUT2D eigenvalue weighted by Gasteiger charge is 2.50. The number of aliphatic carboxylic acids is 1. The van der Waals surface area contributed by atoms with Gasteiger partial charge in [0.15, 0.2) is 0 Å². The van der Waals surface area contributed by atoms with Crippen LogP contribution in [0.5, 0.6) is 0 Å². The van der Waals surface area contributed by atoms with Gasteiger partial charge in [0.25, 0.3) is 5.91 Å². The molecule has 34 heavy (non-hydrogen) atoms. The molecule has 0 aromatic heterocycles. The second-order valence-electron chi connectivity index (χ2n) is 8.33. The molecule has 1 saturated heterocycles. The minimum absolute atomic E-state index is 0.0522. The molecule has 1 aliphatic heterocycles. The van der Waals surface area contributed by atoms with Crippen LogP contribution < -0.4 is 5.32 Å². The Balaban J connectivity index is 1.47. The number of benzene rings is 2. The molecule has 0 radical (unpaired) electrons. The molecule has 1 unspecified atom stereocenters. The number of amides is 2. The topological polar surface area (TPSA) is 95.9 Å². The summed E-state index contributed by atoms with van der Waals surface area (Å²) < 4.78 is 46.2.